The summed E-state index contributed by atoms with van der Waals surface area (Å²) in [4.78, 5) is 19.8. The molecule has 0 unspecified atom stereocenters. The molecule has 0 amide bonds. The van der Waals surface area contributed by atoms with Crippen molar-refractivity contribution in [3.8, 4) is 17.1 Å². The number of hydrogen-bond donors (Lipinski definition) is 1. The van der Waals surface area contributed by atoms with Crippen molar-refractivity contribution in [2.45, 2.75) is 20.4 Å². The molecular formula is C18H18N4O3. The summed E-state index contributed by atoms with van der Waals surface area (Å²) in [5.41, 5.74) is 2.80. The van der Waals surface area contributed by atoms with Crippen LogP contribution in [0.4, 0.5) is 5.95 Å². The second-order valence-electron chi connectivity index (χ2n) is 5.51. The summed E-state index contributed by atoms with van der Waals surface area (Å²) in [7, 11) is 1.62. The van der Waals surface area contributed by atoms with E-state index in [4.69, 9.17) is 9.26 Å². The lowest BCUT2D eigenvalue weighted by Crippen LogP contribution is -2.07. The van der Waals surface area contributed by atoms with E-state index in [0.29, 0.717) is 29.5 Å². The van der Waals surface area contributed by atoms with Crippen LogP contribution in [0.15, 0.2) is 41.1 Å². The van der Waals surface area contributed by atoms with E-state index in [1.807, 2.05) is 30.3 Å². The van der Waals surface area contributed by atoms with Gasteiger partial charge in [-0.2, -0.15) is 0 Å². The maximum Gasteiger partial charge on any atom is 0.223 e. The van der Waals surface area contributed by atoms with E-state index in [-0.39, 0.29) is 5.78 Å². The summed E-state index contributed by atoms with van der Waals surface area (Å²) < 4.78 is 10.5. The molecule has 0 spiro atoms. The molecule has 0 aliphatic heterocycles. The Morgan fingerprint density at radius 1 is 1.28 bits per heavy atom. The van der Waals surface area contributed by atoms with Crippen molar-refractivity contribution in [1.29, 1.82) is 0 Å². The standard InChI is InChI=1S/C18H18N4O3/c1-11-16(12(2)23)10-20-18(21-11)19-9-14-8-17(25-22-14)13-4-6-15(24-3)7-5-13/h4-8,10H,9H2,1-3H3,(H,19,20,21). The zero-order chi connectivity index (χ0) is 17.8. The van der Waals surface area contributed by atoms with Crippen molar-refractivity contribution in [3.63, 3.8) is 0 Å². The fourth-order valence-electron chi connectivity index (χ4n) is 2.35. The second kappa shape index (κ2) is 7.12. The number of Topliss-reactive ketones (excluding diaryl/α,β-unsaturated/α-hetero) is 1. The van der Waals surface area contributed by atoms with Crippen LogP contribution in [0.25, 0.3) is 11.3 Å². The van der Waals surface area contributed by atoms with Gasteiger partial charge in [-0.1, -0.05) is 5.16 Å². The minimum atomic E-state index is -0.0512. The molecule has 0 atom stereocenters. The first-order valence-electron chi connectivity index (χ1n) is 7.75. The molecule has 1 aromatic carbocycles. The van der Waals surface area contributed by atoms with E-state index < -0.39 is 0 Å². The Kier molecular flexibility index (Phi) is 4.74. The average Bonchev–Trinajstić information content (AvgIpc) is 3.09. The Hall–Kier alpha value is -3.22. The predicted octanol–water partition coefficient (Wildman–Crippen LogP) is 3.26. The van der Waals surface area contributed by atoms with E-state index >= 15 is 0 Å². The van der Waals surface area contributed by atoms with E-state index in [9.17, 15) is 4.79 Å². The van der Waals surface area contributed by atoms with Crippen LogP contribution < -0.4 is 10.1 Å². The number of methoxy groups -OCH3 is 1. The molecular weight excluding hydrogens is 320 g/mol. The van der Waals surface area contributed by atoms with Gasteiger partial charge in [0.2, 0.25) is 5.95 Å². The highest BCUT2D eigenvalue weighted by Gasteiger charge is 2.10. The highest BCUT2D eigenvalue weighted by molar-refractivity contribution is 5.94. The summed E-state index contributed by atoms with van der Waals surface area (Å²) in [6.45, 7) is 3.69. The zero-order valence-corrected chi connectivity index (χ0v) is 14.2. The number of anilines is 1. The molecule has 0 saturated carbocycles. The van der Waals surface area contributed by atoms with Gasteiger partial charge in [0.1, 0.15) is 11.4 Å². The Bertz CT molecular complexity index is 888. The van der Waals surface area contributed by atoms with Gasteiger partial charge in [-0.05, 0) is 38.1 Å². The topological polar surface area (TPSA) is 90.1 Å². The summed E-state index contributed by atoms with van der Waals surface area (Å²) in [6.07, 6.45) is 1.53. The molecule has 2 aromatic heterocycles. The number of nitrogens with zero attached hydrogens (tertiary/aromatic N) is 3. The van der Waals surface area contributed by atoms with Crippen molar-refractivity contribution >= 4 is 11.7 Å². The summed E-state index contributed by atoms with van der Waals surface area (Å²) in [6, 6.07) is 9.39. The SMILES string of the molecule is COc1ccc(-c2cc(CNc3ncc(C(C)=O)c(C)n3)no2)cc1. The van der Waals surface area contributed by atoms with Crippen LogP contribution in [0.1, 0.15) is 28.7 Å². The van der Waals surface area contributed by atoms with Gasteiger partial charge in [-0.3, -0.25) is 4.79 Å². The van der Waals surface area contributed by atoms with Crippen LogP contribution in [0.3, 0.4) is 0 Å². The van der Waals surface area contributed by atoms with Crippen LogP contribution in [-0.4, -0.2) is 28.0 Å². The molecule has 1 N–H and O–H groups in total. The number of aryl methyl sites for hydroxylation is 1. The van der Waals surface area contributed by atoms with Gasteiger partial charge in [0.25, 0.3) is 0 Å². The fraction of sp³-hybridized carbons (Fsp3) is 0.222. The molecule has 0 fully saturated rings. The molecule has 7 heteroatoms. The maximum atomic E-state index is 11.4. The summed E-state index contributed by atoms with van der Waals surface area (Å²) in [5, 5.41) is 7.11. The van der Waals surface area contributed by atoms with E-state index in [1.54, 1.807) is 14.0 Å². The predicted molar refractivity (Wildman–Crippen MR) is 92.6 cm³/mol. The van der Waals surface area contributed by atoms with Crippen molar-refractivity contribution in [2.24, 2.45) is 0 Å². The minimum Gasteiger partial charge on any atom is -0.497 e. The number of rotatable bonds is 6. The molecule has 128 valence electrons. The first kappa shape index (κ1) is 16.6. The normalized spacial score (nSPS) is 10.5. The number of carbonyl (C=O) groups is 1. The van der Waals surface area contributed by atoms with E-state index in [2.05, 4.69) is 20.4 Å². The van der Waals surface area contributed by atoms with Gasteiger partial charge >= 0.3 is 0 Å². The average molecular weight is 338 g/mol. The molecule has 0 saturated heterocycles. The van der Waals surface area contributed by atoms with Crippen LogP contribution in [0.2, 0.25) is 0 Å². The van der Waals surface area contributed by atoms with Gasteiger partial charge in [0.05, 0.1) is 24.9 Å². The number of benzene rings is 1. The molecule has 0 radical (unpaired) electrons. The zero-order valence-electron chi connectivity index (χ0n) is 14.2. The Labute approximate surface area is 145 Å². The molecule has 0 aliphatic carbocycles. The first-order chi connectivity index (χ1) is 12.1. The molecule has 2 heterocycles. The van der Waals surface area contributed by atoms with E-state index in [0.717, 1.165) is 17.0 Å². The third-order valence-electron chi connectivity index (χ3n) is 3.72. The van der Waals surface area contributed by atoms with Crippen LogP contribution in [0.5, 0.6) is 5.75 Å². The molecule has 25 heavy (non-hydrogen) atoms. The van der Waals surface area contributed by atoms with Crippen LogP contribution in [-0.2, 0) is 6.54 Å². The van der Waals surface area contributed by atoms with Crippen molar-refractivity contribution in [1.82, 2.24) is 15.1 Å². The molecule has 3 rings (SSSR count). The Morgan fingerprint density at radius 3 is 2.68 bits per heavy atom. The number of ketones is 1. The van der Waals surface area contributed by atoms with E-state index in [1.165, 1.54) is 13.1 Å². The molecule has 7 nitrogen and oxygen atoms in total. The van der Waals surface area contributed by atoms with Gasteiger partial charge in [-0.25, -0.2) is 9.97 Å². The third kappa shape index (κ3) is 3.82. The largest absolute Gasteiger partial charge is 0.497 e. The van der Waals surface area contributed by atoms with Crippen molar-refractivity contribution in [3.05, 3.63) is 53.5 Å². The van der Waals surface area contributed by atoms with Gasteiger partial charge < -0.3 is 14.6 Å². The number of carbonyl (C=O) groups excluding carboxylic acids is 1. The highest BCUT2D eigenvalue weighted by atomic mass is 16.5. The van der Waals surface area contributed by atoms with Gasteiger partial charge in [0, 0.05) is 17.8 Å². The second-order valence-corrected chi connectivity index (χ2v) is 5.51. The first-order valence-corrected chi connectivity index (χ1v) is 7.75. The molecule has 0 aliphatic rings. The third-order valence-corrected chi connectivity index (χ3v) is 3.72. The lowest BCUT2D eigenvalue weighted by Gasteiger charge is -2.05. The summed E-state index contributed by atoms with van der Waals surface area (Å²) in [5.74, 6) is 1.84. The lowest BCUT2D eigenvalue weighted by molar-refractivity contribution is 0.101. The quantitative estimate of drug-likeness (QED) is 0.690. The van der Waals surface area contributed by atoms with Gasteiger partial charge in [-0.15, -0.1) is 0 Å². The Balaban J connectivity index is 1.67. The molecule has 3 aromatic rings. The molecule has 0 bridgehead atoms. The Morgan fingerprint density at radius 2 is 2.04 bits per heavy atom. The lowest BCUT2D eigenvalue weighted by atomic mass is 10.1. The monoisotopic (exact) mass is 338 g/mol. The van der Waals surface area contributed by atoms with Crippen LogP contribution in [0, 0.1) is 6.92 Å². The highest BCUT2D eigenvalue weighted by Crippen LogP contribution is 2.23. The number of hydrogen-bond acceptors (Lipinski definition) is 7. The van der Waals surface area contributed by atoms with Crippen LogP contribution >= 0.6 is 0 Å². The fourth-order valence-corrected chi connectivity index (χ4v) is 2.35. The van der Waals surface area contributed by atoms with Crippen molar-refractivity contribution in [2.75, 3.05) is 12.4 Å². The van der Waals surface area contributed by atoms with Crippen molar-refractivity contribution < 1.29 is 14.1 Å². The van der Waals surface area contributed by atoms with Gasteiger partial charge in [0.15, 0.2) is 11.5 Å². The number of nitrogens with one attached hydrogen (secondary N) is 1. The number of ether oxygens (including phenoxy) is 1. The minimum absolute atomic E-state index is 0.0512. The number of aromatic nitrogens is 3. The summed E-state index contributed by atoms with van der Waals surface area (Å²) >= 11 is 0. The smallest absolute Gasteiger partial charge is 0.223 e. The maximum absolute atomic E-state index is 11.4.